The predicted molar refractivity (Wildman–Crippen MR) is 71.3 cm³/mol. The van der Waals surface area contributed by atoms with E-state index in [0.717, 1.165) is 10.9 Å². The van der Waals surface area contributed by atoms with Gasteiger partial charge in [-0.3, -0.25) is 4.79 Å². The third-order valence-electron chi connectivity index (χ3n) is 2.92. The van der Waals surface area contributed by atoms with Crippen LogP contribution in [0.4, 0.5) is 5.69 Å². The highest BCUT2D eigenvalue weighted by Gasteiger charge is 2.15. The van der Waals surface area contributed by atoms with Crippen molar-refractivity contribution in [3.8, 4) is 5.75 Å². The zero-order valence-corrected chi connectivity index (χ0v) is 10.0. The van der Waals surface area contributed by atoms with Crippen LogP contribution in [-0.4, -0.2) is 18.1 Å². The van der Waals surface area contributed by atoms with Gasteiger partial charge in [-0.1, -0.05) is 12.1 Å². The SMILES string of the molecule is CNC(=O)c1cc2cc(CN)ccc2c(N)c1O. The lowest BCUT2D eigenvalue weighted by molar-refractivity contribution is 0.0960. The Morgan fingerprint density at radius 2 is 2.11 bits per heavy atom. The fourth-order valence-corrected chi connectivity index (χ4v) is 1.91. The molecule has 1 amide bonds. The molecule has 2 aromatic rings. The summed E-state index contributed by atoms with van der Waals surface area (Å²) in [5.41, 5.74) is 12.7. The highest BCUT2D eigenvalue weighted by Crippen LogP contribution is 2.34. The highest BCUT2D eigenvalue weighted by molar-refractivity contribution is 6.07. The summed E-state index contributed by atoms with van der Waals surface area (Å²) < 4.78 is 0. The average molecular weight is 245 g/mol. The third kappa shape index (κ3) is 1.84. The minimum atomic E-state index is -0.376. The van der Waals surface area contributed by atoms with E-state index in [-0.39, 0.29) is 22.9 Å². The number of fused-ring (bicyclic) bond motifs is 1. The molecule has 0 fully saturated rings. The topological polar surface area (TPSA) is 101 Å². The van der Waals surface area contributed by atoms with Gasteiger partial charge >= 0.3 is 0 Å². The lowest BCUT2D eigenvalue weighted by Gasteiger charge is -2.10. The number of phenols is 1. The summed E-state index contributed by atoms with van der Waals surface area (Å²) in [6, 6.07) is 7.11. The Hall–Kier alpha value is -2.27. The summed E-state index contributed by atoms with van der Waals surface area (Å²) in [7, 11) is 1.50. The maximum absolute atomic E-state index is 11.6. The van der Waals surface area contributed by atoms with Gasteiger partial charge in [0.25, 0.3) is 5.91 Å². The van der Waals surface area contributed by atoms with Crippen LogP contribution in [0.5, 0.6) is 5.75 Å². The summed E-state index contributed by atoms with van der Waals surface area (Å²) in [6.45, 7) is 0.409. The Morgan fingerprint density at radius 1 is 1.39 bits per heavy atom. The number of anilines is 1. The van der Waals surface area contributed by atoms with Crippen LogP contribution in [0.1, 0.15) is 15.9 Å². The smallest absolute Gasteiger partial charge is 0.254 e. The van der Waals surface area contributed by atoms with Crippen molar-refractivity contribution in [1.29, 1.82) is 0 Å². The Morgan fingerprint density at radius 3 is 2.72 bits per heavy atom. The number of amides is 1. The summed E-state index contributed by atoms with van der Waals surface area (Å²) >= 11 is 0. The fraction of sp³-hybridized carbons (Fsp3) is 0.154. The molecular weight excluding hydrogens is 230 g/mol. The lowest BCUT2D eigenvalue weighted by Crippen LogP contribution is -2.18. The number of aromatic hydroxyl groups is 1. The van der Waals surface area contributed by atoms with Crippen LogP contribution in [0, 0.1) is 0 Å². The number of nitrogen functional groups attached to an aromatic ring is 1. The predicted octanol–water partition coefficient (Wildman–Crippen LogP) is 0.946. The quantitative estimate of drug-likeness (QED) is 0.467. The molecule has 2 rings (SSSR count). The minimum absolute atomic E-state index is 0.164. The zero-order valence-electron chi connectivity index (χ0n) is 10.0. The molecule has 0 spiro atoms. The van der Waals surface area contributed by atoms with E-state index in [1.807, 2.05) is 12.1 Å². The second kappa shape index (κ2) is 4.54. The summed E-state index contributed by atoms with van der Waals surface area (Å²) in [5.74, 6) is -0.568. The van der Waals surface area contributed by atoms with Crippen molar-refractivity contribution < 1.29 is 9.90 Å². The number of carbonyl (C=O) groups excluding carboxylic acids is 1. The van der Waals surface area contributed by atoms with Crippen LogP contribution in [0.3, 0.4) is 0 Å². The van der Waals surface area contributed by atoms with E-state index in [0.29, 0.717) is 11.9 Å². The van der Waals surface area contributed by atoms with E-state index in [4.69, 9.17) is 11.5 Å². The summed E-state index contributed by atoms with van der Waals surface area (Å²) in [6.07, 6.45) is 0. The molecule has 0 bridgehead atoms. The van der Waals surface area contributed by atoms with Crippen LogP contribution in [0.2, 0.25) is 0 Å². The first kappa shape index (κ1) is 12.2. The third-order valence-corrected chi connectivity index (χ3v) is 2.92. The van der Waals surface area contributed by atoms with Gasteiger partial charge in [0.05, 0.1) is 11.3 Å². The molecule has 0 aliphatic carbocycles. The molecule has 0 atom stereocenters. The molecule has 0 aliphatic rings. The number of hydrogen-bond donors (Lipinski definition) is 4. The Kier molecular flexibility index (Phi) is 3.08. The van der Waals surface area contributed by atoms with Crippen LogP contribution < -0.4 is 16.8 Å². The van der Waals surface area contributed by atoms with Gasteiger partial charge < -0.3 is 21.9 Å². The van der Waals surface area contributed by atoms with E-state index in [1.54, 1.807) is 12.1 Å². The van der Waals surface area contributed by atoms with Gasteiger partial charge in [-0.15, -0.1) is 0 Å². The maximum atomic E-state index is 11.6. The molecule has 0 saturated carbocycles. The number of nitrogens with one attached hydrogen (secondary N) is 1. The number of carbonyl (C=O) groups is 1. The van der Waals surface area contributed by atoms with Crippen molar-refractivity contribution in [3.63, 3.8) is 0 Å². The molecule has 0 unspecified atom stereocenters. The van der Waals surface area contributed by atoms with Crippen molar-refractivity contribution in [2.45, 2.75) is 6.54 Å². The van der Waals surface area contributed by atoms with Crippen molar-refractivity contribution in [1.82, 2.24) is 5.32 Å². The second-order valence-corrected chi connectivity index (χ2v) is 4.03. The van der Waals surface area contributed by atoms with Gasteiger partial charge in [-0.25, -0.2) is 0 Å². The number of benzene rings is 2. The molecule has 5 heteroatoms. The van der Waals surface area contributed by atoms with Crippen LogP contribution in [0.15, 0.2) is 24.3 Å². The first-order valence-corrected chi connectivity index (χ1v) is 5.54. The molecule has 0 heterocycles. The van der Waals surface area contributed by atoms with E-state index < -0.39 is 0 Å². The van der Waals surface area contributed by atoms with Crippen LogP contribution in [-0.2, 0) is 6.54 Å². The minimum Gasteiger partial charge on any atom is -0.505 e. The standard InChI is InChI=1S/C13H15N3O2/c1-16-13(18)10-5-8-4-7(6-14)2-3-9(8)11(15)12(10)17/h2-5,17H,6,14-15H2,1H3,(H,16,18). The van der Waals surface area contributed by atoms with Crippen molar-refractivity contribution in [3.05, 3.63) is 35.4 Å². The Labute approximate surface area is 104 Å². The fourth-order valence-electron chi connectivity index (χ4n) is 1.91. The van der Waals surface area contributed by atoms with Gasteiger partial charge in [0, 0.05) is 19.0 Å². The molecule has 0 saturated heterocycles. The second-order valence-electron chi connectivity index (χ2n) is 4.03. The van der Waals surface area contributed by atoms with E-state index in [9.17, 15) is 9.90 Å². The Balaban J connectivity index is 2.75. The van der Waals surface area contributed by atoms with Crippen molar-refractivity contribution in [2.75, 3.05) is 12.8 Å². The number of hydrogen-bond acceptors (Lipinski definition) is 4. The summed E-state index contributed by atoms with van der Waals surface area (Å²) in [4.78, 5) is 11.6. The normalized spacial score (nSPS) is 10.6. The summed E-state index contributed by atoms with van der Waals surface area (Å²) in [5, 5.41) is 13.9. The van der Waals surface area contributed by atoms with E-state index in [2.05, 4.69) is 5.32 Å². The molecule has 0 aliphatic heterocycles. The number of phenolic OH excluding ortho intramolecular Hbond substituents is 1. The molecule has 6 N–H and O–H groups in total. The molecule has 5 nitrogen and oxygen atoms in total. The zero-order chi connectivity index (χ0) is 13.3. The maximum Gasteiger partial charge on any atom is 0.254 e. The molecule has 0 radical (unpaired) electrons. The molecule has 18 heavy (non-hydrogen) atoms. The first-order chi connectivity index (χ1) is 8.58. The van der Waals surface area contributed by atoms with E-state index in [1.165, 1.54) is 7.05 Å². The van der Waals surface area contributed by atoms with Crippen LogP contribution >= 0.6 is 0 Å². The van der Waals surface area contributed by atoms with Gasteiger partial charge in [0.15, 0.2) is 5.75 Å². The first-order valence-electron chi connectivity index (χ1n) is 5.54. The molecule has 0 aromatic heterocycles. The number of rotatable bonds is 2. The largest absolute Gasteiger partial charge is 0.505 e. The van der Waals surface area contributed by atoms with Crippen LogP contribution in [0.25, 0.3) is 10.8 Å². The van der Waals surface area contributed by atoms with Gasteiger partial charge in [-0.2, -0.15) is 0 Å². The highest BCUT2D eigenvalue weighted by atomic mass is 16.3. The molecular formula is C13H15N3O2. The van der Waals surface area contributed by atoms with Gasteiger partial charge in [0.1, 0.15) is 0 Å². The average Bonchev–Trinajstić information content (AvgIpc) is 2.41. The van der Waals surface area contributed by atoms with Crippen molar-refractivity contribution in [2.24, 2.45) is 5.73 Å². The molecule has 94 valence electrons. The van der Waals surface area contributed by atoms with Gasteiger partial charge in [-0.05, 0) is 23.1 Å². The Bertz CT molecular complexity index is 623. The lowest BCUT2D eigenvalue weighted by atomic mass is 10.0. The number of nitrogens with two attached hydrogens (primary N) is 2. The van der Waals surface area contributed by atoms with Crippen molar-refractivity contribution >= 4 is 22.4 Å². The van der Waals surface area contributed by atoms with Gasteiger partial charge in [0.2, 0.25) is 0 Å². The molecule has 2 aromatic carbocycles. The van der Waals surface area contributed by atoms with E-state index >= 15 is 0 Å². The monoisotopic (exact) mass is 245 g/mol.